The van der Waals surface area contributed by atoms with Gasteiger partial charge in [0.15, 0.2) is 0 Å². The minimum absolute atomic E-state index is 0.0523. The third-order valence-electron chi connectivity index (χ3n) is 3.37. The normalized spacial score (nSPS) is 11.2. The maximum absolute atomic E-state index is 12.6. The average molecular weight is 412 g/mol. The van der Waals surface area contributed by atoms with Crippen LogP contribution in [0, 0.1) is 13.8 Å². The zero-order chi connectivity index (χ0) is 17.9. The van der Waals surface area contributed by atoms with Crippen molar-refractivity contribution in [2.45, 2.75) is 25.7 Å². The first-order chi connectivity index (χ1) is 11.2. The Hall–Kier alpha value is -1.86. The smallest absolute Gasteiger partial charge is 0.338 e. The van der Waals surface area contributed by atoms with Crippen molar-refractivity contribution in [3.63, 3.8) is 0 Å². The molecule has 0 fully saturated rings. The summed E-state index contributed by atoms with van der Waals surface area (Å²) in [6.07, 6.45) is 0. The molecular weight excluding hydrogens is 394 g/mol. The maximum Gasteiger partial charge on any atom is 0.338 e. The van der Waals surface area contributed by atoms with Gasteiger partial charge in [-0.1, -0.05) is 12.1 Å². The number of anilines is 1. The molecule has 0 saturated carbocycles. The van der Waals surface area contributed by atoms with Crippen molar-refractivity contribution in [2.24, 2.45) is 0 Å². The number of aryl methyl sites for hydroxylation is 2. The van der Waals surface area contributed by atoms with Crippen LogP contribution in [0.3, 0.4) is 0 Å². The largest absolute Gasteiger partial charge is 0.462 e. The molecule has 0 aliphatic heterocycles. The topological polar surface area (TPSA) is 72.5 Å². The molecule has 0 atom stereocenters. The molecule has 2 aromatic rings. The van der Waals surface area contributed by atoms with Crippen molar-refractivity contribution >= 4 is 37.6 Å². The number of rotatable bonds is 5. The summed E-state index contributed by atoms with van der Waals surface area (Å²) in [7, 11) is -3.79. The van der Waals surface area contributed by atoms with Gasteiger partial charge in [-0.2, -0.15) is 0 Å². The van der Waals surface area contributed by atoms with Gasteiger partial charge in [-0.15, -0.1) is 0 Å². The fraction of sp³-hybridized carbons (Fsp3) is 0.235. The van der Waals surface area contributed by atoms with E-state index in [4.69, 9.17) is 4.74 Å². The summed E-state index contributed by atoms with van der Waals surface area (Å²) >= 11 is 3.22. The number of nitrogens with one attached hydrogen (secondary N) is 1. The van der Waals surface area contributed by atoms with Crippen molar-refractivity contribution in [1.29, 1.82) is 0 Å². The van der Waals surface area contributed by atoms with Crippen LogP contribution in [0.1, 0.15) is 28.4 Å². The highest BCUT2D eigenvalue weighted by molar-refractivity contribution is 9.10. The summed E-state index contributed by atoms with van der Waals surface area (Å²) in [5.41, 5.74) is 2.59. The van der Waals surface area contributed by atoms with Crippen LogP contribution >= 0.6 is 15.9 Å². The number of hydrogen-bond acceptors (Lipinski definition) is 4. The van der Waals surface area contributed by atoms with Gasteiger partial charge >= 0.3 is 5.97 Å². The van der Waals surface area contributed by atoms with Gasteiger partial charge in [-0.3, -0.25) is 4.72 Å². The highest BCUT2D eigenvalue weighted by Crippen LogP contribution is 2.27. The second-order valence-electron chi connectivity index (χ2n) is 5.29. The molecule has 2 rings (SSSR count). The van der Waals surface area contributed by atoms with Crippen LogP contribution in [0.5, 0.6) is 0 Å². The minimum atomic E-state index is -3.79. The van der Waals surface area contributed by atoms with Crippen LogP contribution in [0.4, 0.5) is 5.69 Å². The molecule has 0 spiro atoms. The Morgan fingerprint density at radius 2 is 1.88 bits per heavy atom. The van der Waals surface area contributed by atoms with Gasteiger partial charge in [-0.25, -0.2) is 13.2 Å². The van der Waals surface area contributed by atoms with Gasteiger partial charge < -0.3 is 4.74 Å². The van der Waals surface area contributed by atoms with E-state index in [2.05, 4.69) is 20.7 Å². The Balaban J connectivity index is 2.36. The van der Waals surface area contributed by atoms with E-state index < -0.39 is 16.0 Å². The zero-order valence-corrected chi connectivity index (χ0v) is 16.0. The number of hydrogen-bond donors (Lipinski definition) is 1. The fourth-order valence-corrected chi connectivity index (χ4v) is 4.31. The predicted octanol–water partition coefficient (Wildman–Crippen LogP) is 4.04. The molecule has 1 N–H and O–H groups in total. The second kappa shape index (κ2) is 7.36. The lowest BCUT2D eigenvalue weighted by molar-refractivity contribution is 0.0526. The quantitative estimate of drug-likeness (QED) is 0.753. The SMILES string of the molecule is CCOC(=O)c1ccc(S(=O)(=O)Nc2cc(C)ccc2C)c(Br)c1. The molecule has 5 nitrogen and oxygen atoms in total. The molecule has 0 unspecified atom stereocenters. The molecule has 0 aliphatic carbocycles. The zero-order valence-electron chi connectivity index (χ0n) is 13.6. The van der Waals surface area contributed by atoms with E-state index in [0.717, 1.165) is 11.1 Å². The van der Waals surface area contributed by atoms with E-state index in [9.17, 15) is 13.2 Å². The first-order valence-electron chi connectivity index (χ1n) is 7.31. The number of carbonyl (C=O) groups is 1. The van der Waals surface area contributed by atoms with Crippen LogP contribution in [0.25, 0.3) is 0 Å². The Morgan fingerprint density at radius 1 is 1.17 bits per heavy atom. The minimum Gasteiger partial charge on any atom is -0.462 e. The molecule has 0 saturated heterocycles. The van der Waals surface area contributed by atoms with Gasteiger partial charge in [-0.05, 0) is 72.1 Å². The highest BCUT2D eigenvalue weighted by Gasteiger charge is 2.20. The van der Waals surface area contributed by atoms with E-state index in [-0.39, 0.29) is 17.1 Å². The van der Waals surface area contributed by atoms with Crippen molar-refractivity contribution < 1.29 is 17.9 Å². The maximum atomic E-state index is 12.6. The molecule has 0 heterocycles. The Bertz CT molecular complexity index is 878. The Kier molecular flexibility index (Phi) is 5.66. The number of benzene rings is 2. The standard InChI is InChI=1S/C17H18BrNO4S/c1-4-23-17(20)13-7-8-16(14(18)10-13)24(21,22)19-15-9-11(2)5-6-12(15)3/h5-10,19H,4H2,1-3H3. The summed E-state index contributed by atoms with van der Waals surface area (Å²) in [4.78, 5) is 11.8. The van der Waals surface area contributed by atoms with Crippen LogP contribution in [-0.2, 0) is 14.8 Å². The molecule has 0 amide bonds. The van der Waals surface area contributed by atoms with Crippen molar-refractivity contribution in [3.05, 3.63) is 57.6 Å². The van der Waals surface area contributed by atoms with Crippen LogP contribution < -0.4 is 4.72 Å². The van der Waals surface area contributed by atoms with Crippen LogP contribution in [0.2, 0.25) is 0 Å². The highest BCUT2D eigenvalue weighted by atomic mass is 79.9. The lowest BCUT2D eigenvalue weighted by Gasteiger charge is -2.13. The average Bonchev–Trinajstić information content (AvgIpc) is 2.50. The molecule has 0 aliphatic rings. The molecule has 0 aromatic heterocycles. The van der Waals surface area contributed by atoms with Crippen molar-refractivity contribution in [1.82, 2.24) is 0 Å². The number of esters is 1. The van der Waals surface area contributed by atoms with Crippen LogP contribution in [-0.4, -0.2) is 21.0 Å². The first-order valence-corrected chi connectivity index (χ1v) is 9.59. The summed E-state index contributed by atoms with van der Waals surface area (Å²) in [5.74, 6) is -0.496. The molecule has 2 aromatic carbocycles. The van der Waals surface area contributed by atoms with Gasteiger partial charge in [0.1, 0.15) is 4.90 Å². The number of carbonyl (C=O) groups excluding carboxylic acids is 1. The van der Waals surface area contributed by atoms with E-state index in [1.165, 1.54) is 18.2 Å². The number of sulfonamides is 1. The fourth-order valence-electron chi connectivity index (χ4n) is 2.11. The summed E-state index contributed by atoms with van der Waals surface area (Å²) in [6.45, 7) is 5.68. The van der Waals surface area contributed by atoms with Crippen molar-refractivity contribution in [3.8, 4) is 0 Å². The molecule has 24 heavy (non-hydrogen) atoms. The van der Waals surface area contributed by atoms with E-state index in [0.29, 0.717) is 10.2 Å². The van der Waals surface area contributed by atoms with Gasteiger partial charge in [0, 0.05) is 4.47 Å². The summed E-state index contributed by atoms with van der Waals surface area (Å²) in [6, 6.07) is 9.79. The predicted molar refractivity (Wildman–Crippen MR) is 96.8 cm³/mol. The molecule has 0 bridgehead atoms. The lowest BCUT2D eigenvalue weighted by Crippen LogP contribution is -2.15. The van der Waals surface area contributed by atoms with Gasteiger partial charge in [0.25, 0.3) is 10.0 Å². The summed E-state index contributed by atoms with van der Waals surface area (Å²) < 4.78 is 33.1. The van der Waals surface area contributed by atoms with Crippen LogP contribution in [0.15, 0.2) is 45.8 Å². The molecule has 7 heteroatoms. The Morgan fingerprint density at radius 3 is 2.50 bits per heavy atom. The van der Waals surface area contributed by atoms with E-state index >= 15 is 0 Å². The second-order valence-corrected chi connectivity index (χ2v) is 7.79. The summed E-state index contributed by atoms with van der Waals surface area (Å²) in [5, 5.41) is 0. The molecular formula is C17H18BrNO4S. The third-order valence-corrected chi connectivity index (χ3v) is 5.71. The monoisotopic (exact) mass is 411 g/mol. The van der Waals surface area contributed by atoms with Gasteiger partial charge in [0.2, 0.25) is 0 Å². The van der Waals surface area contributed by atoms with E-state index in [1.807, 2.05) is 26.0 Å². The number of ether oxygens (including phenoxy) is 1. The third kappa shape index (κ3) is 4.15. The van der Waals surface area contributed by atoms with Gasteiger partial charge in [0.05, 0.1) is 17.9 Å². The number of halogens is 1. The first kappa shape index (κ1) is 18.5. The lowest BCUT2D eigenvalue weighted by atomic mass is 10.1. The molecule has 128 valence electrons. The Labute approximate surface area is 150 Å². The van der Waals surface area contributed by atoms with Crippen molar-refractivity contribution in [2.75, 3.05) is 11.3 Å². The van der Waals surface area contributed by atoms with E-state index in [1.54, 1.807) is 13.0 Å². The molecule has 0 radical (unpaired) electrons.